The summed E-state index contributed by atoms with van der Waals surface area (Å²) in [4.78, 5) is 12.6. The molecule has 2 N–H and O–H groups in total. The summed E-state index contributed by atoms with van der Waals surface area (Å²) < 4.78 is 0. The van der Waals surface area contributed by atoms with E-state index in [9.17, 15) is 4.79 Å². The van der Waals surface area contributed by atoms with Crippen molar-refractivity contribution in [1.82, 2.24) is 5.32 Å². The summed E-state index contributed by atoms with van der Waals surface area (Å²) in [6.45, 7) is 12.8. The van der Waals surface area contributed by atoms with Gasteiger partial charge in [-0.2, -0.15) is 0 Å². The van der Waals surface area contributed by atoms with E-state index in [0.29, 0.717) is 12.0 Å². The van der Waals surface area contributed by atoms with Crippen LogP contribution in [0, 0.1) is 32.6 Å². The molecule has 0 aliphatic heterocycles. The maximum Gasteiger partial charge on any atom is 0.241 e. The lowest BCUT2D eigenvalue weighted by atomic mass is 9.78. The van der Waals surface area contributed by atoms with E-state index in [0.717, 1.165) is 22.7 Å². The topological polar surface area (TPSA) is 41.1 Å². The van der Waals surface area contributed by atoms with E-state index >= 15 is 0 Å². The van der Waals surface area contributed by atoms with Crippen LogP contribution in [0.4, 0.5) is 5.69 Å². The van der Waals surface area contributed by atoms with Crippen LogP contribution in [0.25, 0.3) is 0 Å². The highest BCUT2D eigenvalue weighted by atomic mass is 16.2. The van der Waals surface area contributed by atoms with E-state index in [4.69, 9.17) is 0 Å². The van der Waals surface area contributed by atoms with Gasteiger partial charge < -0.3 is 10.6 Å². The second kappa shape index (κ2) is 7.48. The molecule has 1 amide bonds. The van der Waals surface area contributed by atoms with Crippen LogP contribution in [-0.4, -0.2) is 18.0 Å². The molecular weight excluding hydrogens is 284 g/mol. The van der Waals surface area contributed by atoms with E-state index in [-0.39, 0.29) is 11.9 Å². The third-order valence-electron chi connectivity index (χ3n) is 5.49. The van der Waals surface area contributed by atoms with Crippen LogP contribution in [0.3, 0.4) is 0 Å². The van der Waals surface area contributed by atoms with Gasteiger partial charge in [0, 0.05) is 11.7 Å². The van der Waals surface area contributed by atoms with Crippen molar-refractivity contribution in [3.8, 4) is 0 Å². The third kappa shape index (κ3) is 4.35. The predicted octanol–water partition coefficient (Wildman–Crippen LogP) is 4.35. The van der Waals surface area contributed by atoms with Crippen LogP contribution in [0.1, 0.15) is 56.7 Å². The average molecular weight is 316 g/mol. The number of hydrogen-bond donors (Lipinski definition) is 2. The van der Waals surface area contributed by atoms with Gasteiger partial charge in [-0.05, 0) is 57.1 Å². The number of nitrogens with one attached hydrogen (secondary N) is 2. The molecule has 1 aliphatic rings. The molecule has 3 heteroatoms. The third-order valence-corrected chi connectivity index (χ3v) is 5.49. The second-order valence-corrected chi connectivity index (χ2v) is 7.53. The van der Waals surface area contributed by atoms with Crippen molar-refractivity contribution >= 4 is 11.6 Å². The molecule has 0 aromatic heterocycles. The quantitative estimate of drug-likeness (QED) is 0.867. The highest BCUT2D eigenvalue weighted by Gasteiger charge is 2.29. The van der Waals surface area contributed by atoms with E-state index < -0.39 is 0 Å². The lowest BCUT2D eigenvalue weighted by molar-refractivity contribution is -0.118. The zero-order valence-corrected chi connectivity index (χ0v) is 15.5. The van der Waals surface area contributed by atoms with E-state index in [1.54, 1.807) is 0 Å². The number of carbonyl (C=O) groups excluding carboxylic acids is 1. The monoisotopic (exact) mass is 316 g/mol. The number of rotatable bonds is 4. The largest absolute Gasteiger partial charge is 0.324 e. The van der Waals surface area contributed by atoms with Gasteiger partial charge in [0.15, 0.2) is 0 Å². The van der Waals surface area contributed by atoms with Gasteiger partial charge in [-0.3, -0.25) is 4.79 Å². The van der Waals surface area contributed by atoms with Crippen molar-refractivity contribution in [2.75, 3.05) is 5.32 Å². The molecule has 1 aromatic carbocycles. The van der Waals surface area contributed by atoms with Crippen LogP contribution in [0.15, 0.2) is 12.1 Å². The van der Waals surface area contributed by atoms with Crippen LogP contribution in [-0.2, 0) is 4.79 Å². The Kier molecular flexibility index (Phi) is 5.85. The van der Waals surface area contributed by atoms with Crippen molar-refractivity contribution in [2.24, 2.45) is 11.8 Å². The SMILES string of the molecule is Cc1cc(C)c(NC(=O)[C@H](C)N[C@@H]2CCC[C@H](C)[C@@H]2C)c(C)c1. The molecule has 0 unspecified atom stereocenters. The Morgan fingerprint density at radius 1 is 1.13 bits per heavy atom. The standard InChI is InChI=1S/C20H32N2O/c1-12-10-14(3)19(15(4)11-12)22-20(23)17(6)21-18-9-7-8-13(2)16(18)5/h10-11,13,16-18,21H,7-9H2,1-6H3,(H,22,23)/t13-,16-,17-,18+/m0/s1. The molecule has 2 rings (SSSR count). The molecule has 0 bridgehead atoms. The Morgan fingerprint density at radius 3 is 2.35 bits per heavy atom. The fraction of sp³-hybridized carbons (Fsp3) is 0.650. The van der Waals surface area contributed by atoms with Gasteiger partial charge in [-0.1, -0.05) is 44.4 Å². The smallest absolute Gasteiger partial charge is 0.241 e. The summed E-state index contributed by atoms with van der Waals surface area (Å²) >= 11 is 0. The summed E-state index contributed by atoms with van der Waals surface area (Å²) in [5.41, 5.74) is 4.44. The van der Waals surface area contributed by atoms with Crippen molar-refractivity contribution in [3.63, 3.8) is 0 Å². The first-order valence-electron chi connectivity index (χ1n) is 8.94. The van der Waals surface area contributed by atoms with Gasteiger partial charge in [0.25, 0.3) is 0 Å². The first-order chi connectivity index (χ1) is 10.8. The molecule has 0 spiro atoms. The predicted molar refractivity (Wildman–Crippen MR) is 97.8 cm³/mol. The normalized spacial score (nSPS) is 25.9. The zero-order chi connectivity index (χ0) is 17.1. The molecule has 23 heavy (non-hydrogen) atoms. The van der Waals surface area contributed by atoms with E-state index in [1.165, 1.54) is 24.8 Å². The Balaban J connectivity index is 2.00. The van der Waals surface area contributed by atoms with Crippen molar-refractivity contribution in [1.29, 1.82) is 0 Å². The van der Waals surface area contributed by atoms with Gasteiger partial charge in [-0.25, -0.2) is 0 Å². The summed E-state index contributed by atoms with van der Waals surface area (Å²) in [7, 11) is 0. The lowest BCUT2D eigenvalue weighted by Crippen LogP contribution is -2.49. The number of benzene rings is 1. The van der Waals surface area contributed by atoms with Gasteiger partial charge in [0.2, 0.25) is 5.91 Å². The second-order valence-electron chi connectivity index (χ2n) is 7.53. The molecule has 1 fully saturated rings. The molecule has 0 radical (unpaired) electrons. The van der Waals surface area contributed by atoms with Crippen molar-refractivity contribution in [2.45, 2.75) is 72.9 Å². The fourth-order valence-electron chi connectivity index (χ4n) is 3.82. The molecule has 0 saturated heterocycles. The highest BCUT2D eigenvalue weighted by Crippen LogP contribution is 2.30. The van der Waals surface area contributed by atoms with Crippen LogP contribution >= 0.6 is 0 Å². The van der Waals surface area contributed by atoms with Crippen molar-refractivity contribution in [3.05, 3.63) is 28.8 Å². The number of hydrogen-bond acceptors (Lipinski definition) is 2. The first kappa shape index (κ1) is 18.0. The maximum absolute atomic E-state index is 12.6. The molecule has 128 valence electrons. The minimum Gasteiger partial charge on any atom is -0.324 e. The van der Waals surface area contributed by atoms with Crippen LogP contribution in [0.2, 0.25) is 0 Å². The fourth-order valence-corrected chi connectivity index (χ4v) is 3.82. The number of anilines is 1. The molecule has 1 saturated carbocycles. The number of carbonyl (C=O) groups is 1. The molecular formula is C20H32N2O. The molecule has 1 aromatic rings. The van der Waals surface area contributed by atoms with E-state index in [1.807, 2.05) is 6.92 Å². The Hall–Kier alpha value is -1.35. The summed E-state index contributed by atoms with van der Waals surface area (Å²) in [6, 6.07) is 4.50. The summed E-state index contributed by atoms with van der Waals surface area (Å²) in [5.74, 6) is 1.42. The summed E-state index contributed by atoms with van der Waals surface area (Å²) in [6.07, 6.45) is 3.74. The zero-order valence-electron chi connectivity index (χ0n) is 15.5. The highest BCUT2D eigenvalue weighted by molar-refractivity contribution is 5.96. The number of aryl methyl sites for hydroxylation is 3. The molecule has 1 aliphatic carbocycles. The Bertz CT molecular complexity index is 544. The molecule has 4 atom stereocenters. The van der Waals surface area contributed by atoms with Gasteiger partial charge >= 0.3 is 0 Å². The number of amides is 1. The average Bonchev–Trinajstić information content (AvgIpc) is 2.47. The summed E-state index contributed by atoms with van der Waals surface area (Å²) in [5, 5.41) is 6.68. The van der Waals surface area contributed by atoms with Crippen LogP contribution < -0.4 is 10.6 Å². The minimum atomic E-state index is -0.173. The van der Waals surface area contributed by atoms with Gasteiger partial charge in [0.1, 0.15) is 0 Å². The lowest BCUT2D eigenvalue weighted by Gasteiger charge is -2.36. The van der Waals surface area contributed by atoms with Gasteiger partial charge in [-0.15, -0.1) is 0 Å². The molecule has 3 nitrogen and oxygen atoms in total. The molecule has 0 heterocycles. The van der Waals surface area contributed by atoms with Crippen LogP contribution in [0.5, 0.6) is 0 Å². The minimum absolute atomic E-state index is 0.0606. The van der Waals surface area contributed by atoms with Gasteiger partial charge in [0.05, 0.1) is 6.04 Å². The first-order valence-corrected chi connectivity index (χ1v) is 8.94. The Labute approximate surface area is 141 Å². The van der Waals surface area contributed by atoms with E-state index in [2.05, 4.69) is 57.4 Å². The van der Waals surface area contributed by atoms with Crippen molar-refractivity contribution < 1.29 is 4.79 Å². The maximum atomic E-state index is 12.6. The Morgan fingerprint density at radius 2 is 1.74 bits per heavy atom.